The van der Waals surface area contributed by atoms with E-state index in [0.29, 0.717) is 17.8 Å². The number of nitrogens with one attached hydrogen (secondary N) is 3. The fraction of sp³-hybridized carbons (Fsp3) is 0.167. The van der Waals surface area contributed by atoms with Gasteiger partial charge in [-0.1, -0.05) is 54.6 Å². The minimum atomic E-state index is -0.174. The van der Waals surface area contributed by atoms with Gasteiger partial charge in [-0.25, -0.2) is 0 Å². The van der Waals surface area contributed by atoms with Crippen LogP contribution < -0.4 is 16.0 Å². The summed E-state index contributed by atoms with van der Waals surface area (Å²) in [6.07, 6.45) is 0.792. The molecule has 29 heavy (non-hydrogen) atoms. The third-order valence-electron chi connectivity index (χ3n) is 4.44. The first-order valence-electron chi connectivity index (χ1n) is 9.69. The maximum Gasteiger partial charge on any atom is 0.251 e. The van der Waals surface area contributed by atoms with Crippen LogP contribution in [-0.4, -0.2) is 24.9 Å². The molecule has 2 amide bonds. The molecule has 0 heterocycles. The molecule has 0 spiro atoms. The number of hydrogen-bond donors (Lipinski definition) is 3. The van der Waals surface area contributed by atoms with Gasteiger partial charge in [-0.2, -0.15) is 0 Å². The number of hydrogen-bond acceptors (Lipinski definition) is 3. The molecular formula is C24H25N3O2. The number of rotatable bonds is 8. The zero-order chi connectivity index (χ0) is 20.5. The summed E-state index contributed by atoms with van der Waals surface area (Å²) < 4.78 is 0. The van der Waals surface area contributed by atoms with E-state index in [1.54, 1.807) is 24.3 Å². The van der Waals surface area contributed by atoms with Gasteiger partial charge in [0.05, 0.1) is 6.54 Å². The summed E-state index contributed by atoms with van der Waals surface area (Å²) >= 11 is 0. The Balaban J connectivity index is 1.60. The van der Waals surface area contributed by atoms with Crippen molar-refractivity contribution >= 4 is 23.2 Å². The monoisotopic (exact) mass is 387 g/mol. The van der Waals surface area contributed by atoms with E-state index in [9.17, 15) is 9.59 Å². The first-order chi connectivity index (χ1) is 14.2. The summed E-state index contributed by atoms with van der Waals surface area (Å²) in [4.78, 5) is 24.3. The van der Waals surface area contributed by atoms with Crippen LogP contribution in [0, 0.1) is 0 Å². The molecule has 0 fully saturated rings. The highest BCUT2D eigenvalue weighted by atomic mass is 16.2. The van der Waals surface area contributed by atoms with E-state index in [2.05, 4.69) is 34.1 Å². The van der Waals surface area contributed by atoms with Gasteiger partial charge in [-0.05, 0) is 48.7 Å². The SMILES string of the molecule is CCNC(=O)c1cccc(NC(=O)CNc2ccccc2Cc2ccccc2)c1. The smallest absolute Gasteiger partial charge is 0.251 e. The van der Waals surface area contributed by atoms with Gasteiger partial charge < -0.3 is 16.0 Å². The lowest BCUT2D eigenvalue weighted by Crippen LogP contribution is -2.24. The normalized spacial score (nSPS) is 10.2. The Bertz CT molecular complexity index is 971. The maximum atomic E-state index is 12.4. The van der Waals surface area contributed by atoms with E-state index in [0.717, 1.165) is 17.7 Å². The second kappa shape index (κ2) is 10.1. The van der Waals surface area contributed by atoms with Gasteiger partial charge in [0.1, 0.15) is 0 Å². The van der Waals surface area contributed by atoms with Gasteiger partial charge in [-0.3, -0.25) is 9.59 Å². The first-order valence-corrected chi connectivity index (χ1v) is 9.69. The third kappa shape index (κ3) is 5.94. The van der Waals surface area contributed by atoms with E-state index >= 15 is 0 Å². The van der Waals surface area contributed by atoms with Crippen LogP contribution in [0.4, 0.5) is 11.4 Å². The van der Waals surface area contributed by atoms with Gasteiger partial charge in [-0.15, -0.1) is 0 Å². The average Bonchev–Trinajstić information content (AvgIpc) is 2.74. The first kappa shape index (κ1) is 20.1. The molecule has 0 radical (unpaired) electrons. The molecule has 3 rings (SSSR count). The number of anilines is 2. The minimum Gasteiger partial charge on any atom is -0.376 e. The third-order valence-corrected chi connectivity index (χ3v) is 4.44. The van der Waals surface area contributed by atoms with Gasteiger partial charge in [0.25, 0.3) is 5.91 Å². The lowest BCUT2D eigenvalue weighted by atomic mass is 10.0. The van der Waals surface area contributed by atoms with Crippen molar-refractivity contribution in [3.8, 4) is 0 Å². The van der Waals surface area contributed by atoms with Crippen molar-refractivity contribution in [2.24, 2.45) is 0 Å². The number of benzene rings is 3. The van der Waals surface area contributed by atoms with Crippen molar-refractivity contribution in [1.82, 2.24) is 5.32 Å². The van der Waals surface area contributed by atoms with Crippen LogP contribution in [0.3, 0.4) is 0 Å². The molecule has 3 aromatic carbocycles. The molecule has 0 aromatic heterocycles. The summed E-state index contributed by atoms with van der Waals surface area (Å²) in [5.74, 6) is -0.330. The van der Waals surface area contributed by atoms with Crippen molar-refractivity contribution in [3.63, 3.8) is 0 Å². The Morgan fingerprint density at radius 3 is 2.41 bits per heavy atom. The van der Waals surface area contributed by atoms with Gasteiger partial charge in [0.15, 0.2) is 0 Å². The molecule has 0 aliphatic rings. The molecule has 5 nitrogen and oxygen atoms in total. The van der Waals surface area contributed by atoms with E-state index in [1.165, 1.54) is 5.56 Å². The van der Waals surface area contributed by atoms with E-state index in [1.807, 2.05) is 43.3 Å². The quantitative estimate of drug-likeness (QED) is 0.545. The molecule has 3 N–H and O–H groups in total. The molecule has 5 heteroatoms. The summed E-state index contributed by atoms with van der Waals surface area (Å²) in [7, 11) is 0. The van der Waals surface area contributed by atoms with Crippen LogP contribution in [0.5, 0.6) is 0 Å². The lowest BCUT2D eigenvalue weighted by molar-refractivity contribution is -0.114. The predicted octanol–water partition coefficient (Wildman–Crippen LogP) is 4.08. The number of amides is 2. The molecule has 0 aliphatic heterocycles. The highest BCUT2D eigenvalue weighted by Gasteiger charge is 2.08. The summed E-state index contributed by atoms with van der Waals surface area (Å²) in [6, 6.07) is 25.1. The van der Waals surface area contributed by atoms with E-state index in [4.69, 9.17) is 0 Å². The van der Waals surface area contributed by atoms with Crippen LogP contribution in [0.15, 0.2) is 78.9 Å². The molecular weight excluding hydrogens is 362 g/mol. The summed E-state index contributed by atoms with van der Waals surface area (Å²) in [6.45, 7) is 2.56. The molecule has 0 saturated heterocycles. The minimum absolute atomic E-state index is 0.136. The van der Waals surface area contributed by atoms with Crippen molar-refractivity contribution in [1.29, 1.82) is 0 Å². The van der Waals surface area contributed by atoms with Crippen LogP contribution >= 0.6 is 0 Å². The topological polar surface area (TPSA) is 70.2 Å². The average molecular weight is 387 g/mol. The van der Waals surface area contributed by atoms with Crippen molar-refractivity contribution in [2.75, 3.05) is 23.7 Å². The van der Waals surface area contributed by atoms with Gasteiger partial charge in [0, 0.05) is 23.5 Å². The maximum absolute atomic E-state index is 12.4. The zero-order valence-electron chi connectivity index (χ0n) is 16.4. The molecule has 0 saturated carbocycles. The fourth-order valence-corrected chi connectivity index (χ4v) is 3.04. The lowest BCUT2D eigenvalue weighted by Gasteiger charge is -2.13. The van der Waals surface area contributed by atoms with Crippen LogP contribution in [0.25, 0.3) is 0 Å². The Labute approximate surface area is 171 Å². The number of carbonyl (C=O) groups excluding carboxylic acids is 2. The second-order valence-corrected chi connectivity index (χ2v) is 6.66. The predicted molar refractivity (Wildman–Crippen MR) is 117 cm³/mol. The standard InChI is InChI=1S/C24H25N3O2/c1-2-25-24(29)20-12-8-13-21(16-20)27-23(28)17-26-22-14-7-6-11-19(22)15-18-9-4-3-5-10-18/h3-14,16,26H,2,15,17H2,1H3,(H,25,29)(H,27,28). The molecule has 0 aliphatic carbocycles. The van der Waals surface area contributed by atoms with E-state index < -0.39 is 0 Å². The van der Waals surface area contributed by atoms with Crippen LogP contribution in [0.2, 0.25) is 0 Å². The highest BCUT2D eigenvalue weighted by molar-refractivity contribution is 5.98. The Hall–Kier alpha value is -3.60. The largest absolute Gasteiger partial charge is 0.376 e. The Morgan fingerprint density at radius 2 is 1.62 bits per heavy atom. The molecule has 0 atom stereocenters. The molecule has 148 valence electrons. The van der Waals surface area contributed by atoms with Crippen LogP contribution in [0.1, 0.15) is 28.4 Å². The Morgan fingerprint density at radius 1 is 0.862 bits per heavy atom. The highest BCUT2D eigenvalue weighted by Crippen LogP contribution is 2.19. The zero-order valence-corrected chi connectivity index (χ0v) is 16.4. The second-order valence-electron chi connectivity index (χ2n) is 6.66. The summed E-state index contributed by atoms with van der Waals surface area (Å²) in [5.41, 5.74) is 4.39. The molecule has 0 bridgehead atoms. The van der Waals surface area contributed by atoms with Gasteiger partial charge >= 0.3 is 0 Å². The molecule has 0 unspecified atom stereocenters. The van der Waals surface area contributed by atoms with Crippen molar-refractivity contribution in [3.05, 3.63) is 95.6 Å². The van der Waals surface area contributed by atoms with E-state index in [-0.39, 0.29) is 18.4 Å². The Kier molecular flexibility index (Phi) is 7.00. The van der Waals surface area contributed by atoms with Gasteiger partial charge in [0.2, 0.25) is 5.91 Å². The molecule has 3 aromatic rings. The summed E-state index contributed by atoms with van der Waals surface area (Å²) in [5, 5.41) is 8.81. The number of para-hydroxylation sites is 1. The van der Waals surface area contributed by atoms with Crippen molar-refractivity contribution < 1.29 is 9.59 Å². The van der Waals surface area contributed by atoms with Crippen molar-refractivity contribution in [2.45, 2.75) is 13.3 Å². The number of carbonyl (C=O) groups is 2. The van der Waals surface area contributed by atoms with Crippen LogP contribution in [-0.2, 0) is 11.2 Å². The fourth-order valence-electron chi connectivity index (χ4n) is 3.04.